The van der Waals surface area contributed by atoms with Crippen molar-refractivity contribution in [1.82, 2.24) is 19.9 Å². The highest BCUT2D eigenvalue weighted by Crippen LogP contribution is 2.26. The zero-order valence-electron chi connectivity index (χ0n) is 14.3. The molecular formula is C19H15FN4OS2. The number of hydrogen-bond donors (Lipinski definition) is 1. The Morgan fingerprint density at radius 2 is 2.04 bits per heavy atom. The lowest BCUT2D eigenvalue weighted by molar-refractivity contribution is 0.0937. The molecule has 1 amide bonds. The molecule has 136 valence electrons. The molecule has 0 bridgehead atoms. The molecule has 1 unspecified atom stereocenters. The maximum atomic E-state index is 13.3. The average molecular weight is 398 g/mol. The smallest absolute Gasteiger partial charge is 0.271 e. The van der Waals surface area contributed by atoms with Crippen molar-refractivity contribution in [3.05, 3.63) is 81.8 Å². The van der Waals surface area contributed by atoms with E-state index < -0.39 is 6.04 Å². The number of imidazole rings is 1. The van der Waals surface area contributed by atoms with Gasteiger partial charge in [0.15, 0.2) is 0 Å². The van der Waals surface area contributed by atoms with E-state index in [1.165, 1.54) is 23.5 Å². The predicted octanol–water partition coefficient (Wildman–Crippen LogP) is 4.26. The van der Waals surface area contributed by atoms with Crippen LogP contribution in [0.25, 0.3) is 10.6 Å². The fourth-order valence-corrected chi connectivity index (χ4v) is 4.22. The maximum Gasteiger partial charge on any atom is 0.271 e. The minimum absolute atomic E-state index is 0.301. The molecule has 0 fully saturated rings. The van der Waals surface area contributed by atoms with Crippen LogP contribution < -0.4 is 5.32 Å². The Labute approximate surface area is 163 Å². The minimum atomic E-state index is -0.510. The van der Waals surface area contributed by atoms with Crippen LogP contribution >= 0.6 is 22.7 Å². The molecule has 0 aliphatic heterocycles. The van der Waals surface area contributed by atoms with Crippen LogP contribution in [0.15, 0.2) is 58.9 Å². The third kappa shape index (κ3) is 3.67. The van der Waals surface area contributed by atoms with Gasteiger partial charge in [0.1, 0.15) is 28.4 Å². The summed E-state index contributed by atoms with van der Waals surface area (Å²) >= 11 is 3.01. The maximum absolute atomic E-state index is 13.3. The van der Waals surface area contributed by atoms with Crippen LogP contribution in [-0.4, -0.2) is 20.4 Å². The van der Waals surface area contributed by atoms with Gasteiger partial charge >= 0.3 is 0 Å². The number of amides is 1. The first-order chi connectivity index (χ1) is 13.1. The van der Waals surface area contributed by atoms with Crippen molar-refractivity contribution < 1.29 is 9.18 Å². The van der Waals surface area contributed by atoms with E-state index in [4.69, 9.17) is 0 Å². The fraction of sp³-hybridized carbons (Fsp3) is 0.105. The monoisotopic (exact) mass is 398 g/mol. The fourth-order valence-electron chi connectivity index (χ4n) is 2.71. The summed E-state index contributed by atoms with van der Waals surface area (Å²) in [5, 5.41) is 9.48. The van der Waals surface area contributed by atoms with Crippen molar-refractivity contribution in [1.29, 1.82) is 0 Å². The number of thiophene rings is 1. The molecule has 8 heteroatoms. The molecule has 1 aromatic carbocycles. The minimum Gasteiger partial charge on any atom is -0.337 e. The SMILES string of the molecule is Cn1ccnc1C(NC(=O)c1csc(-c2ccsc2)n1)c1ccc(F)cc1. The molecule has 0 saturated heterocycles. The molecule has 3 aromatic heterocycles. The number of carbonyl (C=O) groups is 1. The summed E-state index contributed by atoms with van der Waals surface area (Å²) < 4.78 is 15.1. The van der Waals surface area contributed by atoms with E-state index in [9.17, 15) is 9.18 Å². The summed E-state index contributed by atoms with van der Waals surface area (Å²) in [7, 11) is 1.85. The summed E-state index contributed by atoms with van der Waals surface area (Å²) in [5.41, 5.74) is 2.10. The van der Waals surface area contributed by atoms with E-state index in [1.807, 2.05) is 28.4 Å². The van der Waals surface area contributed by atoms with Gasteiger partial charge in [-0.05, 0) is 29.1 Å². The highest BCUT2D eigenvalue weighted by Gasteiger charge is 2.23. The van der Waals surface area contributed by atoms with Gasteiger partial charge in [-0.3, -0.25) is 4.79 Å². The number of halogens is 1. The van der Waals surface area contributed by atoms with Crippen LogP contribution in [-0.2, 0) is 7.05 Å². The van der Waals surface area contributed by atoms with E-state index in [2.05, 4.69) is 15.3 Å². The van der Waals surface area contributed by atoms with Crippen molar-refractivity contribution in [2.75, 3.05) is 0 Å². The molecule has 1 atom stereocenters. The molecular weight excluding hydrogens is 383 g/mol. The third-order valence-corrected chi connectivity index (χ3v) is 5.67. The lowest BCUT2D eigenvalue weighted by Gasteiger charge is -2.18. The van der Waals surface area contributed by atoms with Gasteiger partial charge in [0, 0.05) is 35.8 Å². The normalized spacial score (nSPS) is 12.1. The Hall–Kier alpha value is -2.84. The zero-order valence-corrected chi connectivity index (χ0v) is 15.9. The molecule has 27 heavy (non-hydrogen) atoms. The van der Waals surface area contributed by atoms with Crippen LogP contribution in [0.1, 0.15) is 27.9 Å². The van der Waals surface area contributed by atoms with Gasteiger partial charge in [0.25, 0.3) is 5.91 Å². The zero-order chi connectivity index (χ0) is 18.8. The standard InChI is InChI=1S/C19H15FN4OS2/c1-24-8-7-21-17(24)16(12-2-4-14(20)5-3-12)23-18(25)15-11-27-19(22-15)13-6-9-26-10-13/h2-11,16H,1H3,(H,23,25). The Balaban J connectivity index is 1.62. The topological polar surface area (TPSA) is 59.8 Å². The highest BCUT2D eigenvalue weighted by atomic mass is 32.1. The number of hydrogen-bond acceptors (Lipinski definition) is 5. The summed E-state index contributed by atoms with van der Waals surface area (Å²) in [6.45, 7) is 0. The second kappa shape index (κ2) is 7.42. The predicted molar refractivity (Wildman–Crippen MR) is 104 cm³/mol. The molecule has 0 radical (unpaired) electrons. The van der Waals surface area contributed by atoms with Crippen LogP contribution in [0.4, 0.5) is 4.39 Å². The Morgan fingerprint density at radius 1 is 1.22 bits per heavy atom. The number of thiazole rings is 1. The van der Waals surface area contributed by atoms with Gasteiger partial charge in [-0.15, -0.1) is 11.3 Å². The van der Waals surface area contributed by atoms with Gasteiger partial charge in [0.2, 0.25) is 0 Å². The molecule has 5 nitrogen and oxygen atoms in total. The Morgan fingerprint density at radius 3 is 2.70 bits per heavy atom. The Kier molecular flexibility index (Phi) is 4.83. The molecule has 4 aromatic rings. The van der Waals surface area contributed by atoms with Gasteiger partial charge in [-0.25, -0.2) is 14.4 Å². The number of nitrogens with one attached hydrogen (secondary N) is 1. The highest BCUT2D eigenvalue weighted by molar-refractivity contribution is 7.14. The van der Waals surface area contributed by atoms with Gasteiger partial charge < -0.3 is 9.88 Å². The average Bonchev–Trinajstić information content (AvgIpc) is 3.41. The van der Waals surface area contributed by atoms with E-state index in [0.717, 1.165) is 16.1 Å². The molecule has 0 aliphatic carbocycles. The molecule has 0 spiro atoms. The van der Waals surface area contributed by atoms with E-state index >= 15 is 0 Å². The molecule has 0 aliphatic rings. The van der Waals surface area contributed by atoms with E-state index in [1.54, 1.807) is 41.2 Å². The van der Waals surface area contributed by atoms with Crippen molar-refractivity contribution in [2.45, 2.75) is 6.04 Å². The van der Waals surface area contributed by atoms with Gasteiger partial charge in [0.05, 0.1) is 0 Å². The first-order valence-electron chi connectivity index (χ1n) is 8.13. The van der Waals surface area contributed by atoms with Gasteiger partial charge in [-0.2, -0.15) is 11.3 Å². The van der Waals surface area contributed by atoms with Crippen LogP contribution in [0.5, 0.6) is 0 Å². The lowest BCUT2D eigenvalue weighted by Crippen LogP contribution is -2.31. The summed E-state index contributed by atoms with van der Waals surface area (Å²) in [4.78, 5) is 21.6. The number of nitrogens with zero attached hydrogens (tertiary/aromatic N) is 3. The van der Waals surface area contributed by atoms with Crippen molar-refractivity contribution >= 4 is 28.6 Å². The number of benzene rings is 1. The first-order valence-corrected chi connectivity index (χ1v) is 9.95. The van der Waals surface area contributed by atoms with Crippen LogP contribution in [0.2, 0.25) is 0 Å². The first kappa shape index (κ1) is 17.6. The molecule has 3 heterocycles. The van der Waals surface area contributed by atoms with Crippen LogP contribution in [0.3, 0.4) is 0 Å². The van der Waals surface area contributed by atoms with Gasteiger partial charge in [-0.1, -0.05) is 12.1 Å². The third-order valence-electron chi connectivity index (χ3n) is 4.10. The van der Waals surface area contributed by atoms with Crippen molar-refractivity contribution in [2.24, 2.45) is 7.05 Å². The second-order valence-corrected chi connectivity index (χ2v) is 7.54. The largest absolute Gasteiger partial charge is 0.337 e. The lowest BCUT2D eigenvalue weighted by atomic mass is 10.1. The van der Waals surface area contributed by atoms with E-state index in [0.29, 0.717) is 11.5 Å². The molecule has 0 saturated carbocycles. The Bertz CT molecular complexity index is 1050. The number of aryl methyl sites for hydroxylation is 1. The van der Waals surface area contributed by atoms with Crippen molar-refractivity contribution in [3.8, 4) is 10.6 Å². The molecule has 4 rings (SSSR count). The van der Waals surface area contributed by atoms with Crippen molar-refractivity contribution in [3.63, 3.8) is 0 Å². The number of rotatable bonds is 5. The molecule has 1 N–H and O–H groups in total. The summed E-state index contributed by atoms with van der Waals surface area (Å²) in [6, 6.07) is 7.49. The second-order valence-electron chi connectivity index (χ2n) is 5.90. The van der Waals surface area contributed by atoms with E-state index in [-0.39, 0.29) is 11.7 Å². The summed E-state index contributed by atoms with van der Waals surface area (Å²) in [5.74, 6) is 0.0249. The number of carbonyl (C=O) groups excluding carboxylic acids is 1. The number of aromatic nitrogens is 3. The summed E-state index contributed by atoms with van der Waals surface area (Å²) in [6.07, 6.45) is 3.46. The van der Waals surface area contributed by atoms with Crippen LogP contribution in [0, 0.1) is 5.82 Å². The quantitative estimate of drug-likeness (QED) is 0.546.